The van der Waals surface area contributed by atoms with E-state index in [2.05, 4.69) is 17.1 Å². The summed E-state index contributed by atoms with van der Waals surface area (Å²) in [7, 11) is 0. The van der Waals surface area contributed by atoms with Gasteiger partial charge in [0.25, 0.3) is 0 Å². The van der Waals surface area contributed by atoms with Crippen LogP contribution in [0.1, 0.15) is 32.6 Å². The van der Waals surface area contributed by atoms with Crippen LogP contribution in [0.4, 0.5) is 0 Å². The minimum atomic E-state index is 0. The molecule has 6 heteroatoms. The number of hydrogen-bond acceptors (Lipinski definition) is 4. The van der Waals surface area contributed by atoms with Gasteiger partial charge >= 0.3 is 0 Å². The second-order valence-corrected chi connectivity index (χ2v) is 5.90. The number of halogens is 1. The zero-order valence-corrected chi connectivity index (χ0v) is 13.2. The van der Waals surface area contributed by atoms with Crippen LogP contribution in [0.5, 0.6) is 0 Å². The fourth-order valence-electron chi connectivity index (χ4n) is 3.05. The third-order valence-electron chi connectivity index (χ3n) is 4.31. The van der Waals surface area contributed by atoms with E-state index in [1.165, 1.54) is 19.3 Å². The van der Waals surface area contributed by atoms with Gasteiger partial charge in [0.05, 0.1) is 19.3 Å². The summed E-state index contributed by atoms with van der Waals surface area (Å²) in [6.45, 7) is 5.51. The average molecular weight is 306 g/mol. The third-order valence-corrected chi connectivity index (χ3v) is 4.31. The highest BCUT2D eigenvalue weighted by atomic mass is 35.5. The summed E-state index contributed by atoms with van der Waals surface area (Å²) in [6.07, 6.45) is 4.98. The first-order valence-corrected chi connectivity index (χ1v) is 7.52. The number of nitrogens with zero attached hydrogens (tertiary/aromatic N) is 1. The van der Waals surface area contributed by atoms with Crippen LogP contribution in [0.2, 0.25) is 0 Å². The largest absolute Gasteiger partial charge is 0.374 e. The van der Waals surface area contributed by atoms with Crippen molar-refractivity contribution in [2.45, 2.75) is 44.8 Å². The normalized spacial score (nSPS) is 31.4. The van der Waals surface area contributed by atoms with Crippen molar-refractivity contribution in [2.75, 3.05) is 32.8 Å². The maximum Gasteiger partial charge on any atom is 0.234 e. The monoisotopic (exact) mass is 305 g/mol. The molecule has 0 aromatic carbocycles. The Morgan fingerprint density at radius 1 is 1.40 bits per heavy atom. The van der Waals surface area contributed by atoms with Crippen LogP contribution < -0.4 is 11.1 Å². The van der Waals surface area contributed by atoms with E-state index in [0.29, 0.717) is 31.7 Å². The van der Waals surface area contributed by atoms with Crippen LogP contribution in [0.3, 0.4) is 0 Å². The van der Waals surface area contributed by atoms with Crippen molar-refractivity contribution in [2.24, 2.45) is 11.7 Å². The van der Waals surface area contributed by atoms with Crippen LogP contribution in [-0.2, 0) is 9.53 Å². The highest BCUT2D eigenvalue weighted by Crippen LogP contribution is 2.23. The SMILES string of the molecule is CC1CCCCC1NC(=O)CN1CCOC(CN)C1.Cl. The van der Waals surface area contributed by atoms with E-state index in [9.17, 15) is 4.79 Å². The maximum absolute atomic E-state index is 12.1. The number of rotatable bonds is 4. The number of hydrogen-bond donors (Lipinski definition) is 2. The van der Waals surface area contributed by atoms with Gasteiger partial charge in [-0.3, -0.25) is 9.69 Å². The van der Waals surface area contributed by atoms with Crippen molar-refractivity contribution >= 4 is 18.3 Å². The molecule has 1 aliphatic heterocycles. The molecular formula is C14H28ClN3O2. The molecular weight excluding hydrogens is 278 g/mol. The Bertz CT molecular complexity index is 304. The van der Waals surface area contributed by atoms with E-state index in [0.717, 1.165) is 19.5 Å². The number of carbonyl (C=O) groups excluding carboxylic acids is 1. The fourth-order valence-corrected chi connectivity index (χ4v) is 3.05. The third kappa shape index (κ3) is 5.20. The molecule has 20 heavy (non-hydrogen) atoms. The van der Waals surface area contributed by atoms with Gasteiger partial charge in [0.1, 0.15) is 0 Å². The smallest absolute Gasteiger partial charge is 0.234 e. The molecule has 1 saturated heterocycles. The standard InChI is InChI=1S/C14H27N3O2.ClH/c1-11-4-2-3-5-13(11)16-14(18)10-17-6-7-19-12(8-15)9-17;/h11-13H,2-10,15H2,1H3,(H,16,18);1H. The van der Waals surface area contributed by atoms with Gasteiger partial charge in [-0.25, -0.2) is 0 Å². The molecule has 1 aliphatic carbocycles. The van der Waals surface area contributed by atoms with Crippen LogP contribution >= 0.6 is 12.4 Å². The lowest BCUT2D eigenvalue weighted by Crippen LogP contribution is -2.51. The molecule has 118 valence electrons. The van der Waals surface area contributed by atoms with Crippen molar-refractivity contribution in [3.63, 3.8) is 0 Å². The Labute approximate surface area is 128 Å². The number of nitrogens with one attached hydrogen (secondary N) is 1. The molecule has 0 aromatic heterocycles. The molecule has 1 saturated carbocycles. The first-order chi connectivity index (χ1) is 9.19. The van der Waals surface area contributed by atoms with Crippen molar-refractivity contribution in [3.8, 4) is 0 Å². The van der Waals surface area contributed by atoms with E-state index < -0.39 is 0 Å². The molecule has 3 atom stereocenters. The molecule has 0 aromatic rings. The summed E-state index contributed by atoms with van der Waals surface area (Å²) in [5.41, 5.74) is 5.61. The summed E-state index contributed by atoms with van der Waals surface area (Å²) >= 11 is 0. The molecule has 0 spiro atoms. The lowest BCUT2D eigenvalue weighted by atomic mass is 9.86. The molecule has 3 N–H and O–H groups in total. The molecule has 1 heterocycles. The molecule has 2 fully saturated rings. The summed E-state index contributed by atoms with van der Waals surface area (Å²) in [4.78, 5) is 14.2. The number of morpholine rings is 1. The van der Waals surface area contributed by atoms with Crippen LogP contribution in [-0.4, -0.2) is 55.7 Å². The summed E-state index contributed by atoms with van der Waals surface area (Å²) < 4.78 is 5.51. The topological polar surface area (TPSA) is 67.6 Å². The molecule has 0 bridgehead atoms. The second-order valence-electron chi connectivity index (χ2n) is 5.90. The van der Waals surface area contributed by atoms with E-state index in [1.54, 1.807) is 0 Å². The van der Waals surface area contributed by atoms with E-state index in [1.807, 2.05) is 0 Å². The van der Waals surface area contributed by atoms with Crippen molar-refractivity contribution in [1.29, 1.82) is 0 Å². The molecule has 3 unspecified atom stereocenters. The van der Waals surface area contributed by atoms with E-state index >= 15 is 0 Å². The van der Waals surface area contributed by atoms with Gasteiger partial charge in [-0.05, 0) is 18.8 Å². The van der Waals surface area contributed by atoms with Gasteiger partial charge in [0.2, 0.25) is 5.91 Å². The lowest BCUT2D eigenvalue weighted by Gasteiger charge is -2.33. The maximum atomic E-state index is 12.1. The lowest BCUT2D eigenvalue weighted by molar-refractivity contribution is -0.125. The van der Waals surface area contributed by atoms with Gasteiger partial charge in [-0.15, -0.1) is 12.4 Å². The minimum Gasteiger partial charge on any atom is -0.374 e. The predicted octanol–water partition coefficient (Wildman–Crippen LogP) is 0.763. The van der Waals surface area contributed by atoms with E-state index in [-0.39, 0.29) is 24.4 Å². The van der Waals surface area contributed by atoms with Crippen molar-refractivity contribution in [3.05, 3.63) is 0 Å². The summed E-state index contributed by atoms with van der Waals surface area (Å²) in [5.74, 6) is 0.760. The van der Waals surface area contributed by atoms with Crippen molar-refractivity contribution in [1.82, 2.24) is 10.2 Å². The highest BCUT2D eigenvalue weighted by molar-refractivity contribution is 5.85. The molecule has 2 rings (SSSR count). The van der Waals surface area contributed by atoms with Crippen LogP contribution in [0.25, 0.3) is 0 Å². The Hall–Kier alpha value is -0.360. The first kappa shape index (κ1) is 17.7. The Kier molecular flexibility index (Phi) is 7.80. The molecule has 1 amide bonds. The fraction of sp³-hybridized carbons (Fsp3) is 0.929. The van der Waals surface area contributed by atoms with Gasteiger partial charge in [-0.1, -0.05) is 19.8 Å². The van der Waals surface area contributed by atoms with E-state index in [4.69, 9.17) is 10.5 Å². The first-order valence-electron chi connectivity index (χ1n) is 7.52. The van der Waals surface area contributed by atoms with Gasteiger partial charge in [-0.2, -0.15) is 0 Å². The Morgan fingerprint density at radius 3 is 2.85 bits per heavy atom. The highest BCUT2D eigenvalue weighted by Gasteiger charge is 2.25. The van der Waals surface area contributed by atoms with Gasteiger partial charge < -0.3 is 15.8 Å². The summed E-state index contributed by atoms with van der Waals surface area (Å²) in [5, 5.41) is 3.20. The minimum absolute atomic E-state index is 0. The zero-order chi connectivity index (χ0) is 13.7. The predicted molar refractivity (Wildman–Crippen MR) is 82.0 cm³/mol. The zero-order valence-electron chi connectivity index (χ0n) is 12.3. The van der Waals surface area contributed by atoms with Crippen LogP contribution in [0, 0.1) is 5.92 Å². The van der Waals surface area contributed by atoms with Crippen molar-refractivity contribution < 1.29 is 9.53 Å². The van der Waals surface area contributed by atoms with Crippen LogP contribution in [0.15, 0.2) is 0 Å². The molecule has 5 nitrogen and oxygen atoms in total. The number of ether oxygens (including phenoxy) is 1. The average Bonchev–Trinajstić information content (AvgIpc) is 2.41. The molecule has 0 radical (unpaired) electrons. The van der Waals surface area contributed by atoms with Gasteiger partial charge in [0.15, 0.2) is 0 Å². The van der Waals surface area contributed by atoms with Gasteiger partial charge in [0, 0.05) is 25.7 Å². The number of amides is 1. The molecule has 2 aliphatic rings. The summed E-state index contributed by atoms with van der Waals surface area (Å²) in [6, 6.07) is 0.368. The Balaban J connectivity index is 0.00000200. The number of carbonyl (C=O) groups is 1. The quantitative estimate of drug-likeness (QED) is 0.805. The number of nitrogens with two attached hydrogens (primary N) is 1. The second kappa shape index (κ2) is 8.82. The Morgan fingerprint density at radius 2 is 2.15 bits per heavy atom.